The van der Waals surface area contributed by atoms with E-state index in [1.54, 1.807) is 20.5 Å². The minimum absolute atomic E-state index is 0.0429. The molecule has 1 aromatic carbocycles. The van der Waals surface area contributed by atoms with Crippen molar-refractivity contribution in [3.8, 4) is 0 Å². The number of amides is 1. The first-order chi connectivity index (χ1) is 13.0. The smallest absolute Gasteiger partial charge is 0.329 e. The number of likely N-dealkylation sites (N-methyl/N-ethyl adjacent to an activating group) is 1. The highest BCUT2D eigenvalue weighted by Crippen LogP contribution is 2.22. The van der Waals surface area contributed by atoms with Crippen LogP contribution in [0, 0.1) is 0 Å². The van der Waals surface area contributed by atoms with Crippen molar-refractivity contribution in [2.45, 2.75) is 32.5 Å². The third kappa shape index (κ3) is 4.14. The summed E-state index contributed by atoms with van der Waals surface area (Å²) < 4.78 is 3.44. The van der Waals surface area contributed by atoms with E-state index in [0.29, 0.717) is 19.6 Å². The minimum Gasteiger partial charge on any atom is -0.354 e. The van der Waals surface area contributed by atoms with E-state index in [0.717, 1.165) is 11.0 Å². The van der Waals surface area contributed by atoms with E-state index >= 15 is 0 Å². The van der Waals surface area contributed by atoms with E-state index < -0.39 is 0 Å². The highest BCUT2D eigenvalue weighted by Gasteiger charge is 2.17. The molecule has 0 aliphatic carbocycles. The lowest BCUT2D eigenvalue weighted by Crippen LogP contribution is -2.35. The Labute approximate surface area is 163 Å². The Morgan fingerprint density at radius 2 is 1.85 bits per heavy atom. The van der Waals surface area contributed by atoms with Gasteiger partial charge < -0.3 is 10.2 Å². The Morgan fingerprint density at radius 1 is 1.15 bits per heavy atom. The van der Waals surface area contributed by atoms with E-state index in [-0.39, 0.29) is 24.1 Å². The predicted molar refractivity (Wildman–Crippen MR) is 110 cm³/mol. The van der Waals surface area contributed by atoms with Crippen LogP contribution < -0.4 is 11.0 Å². The molecule has 6 nitrogen and oxygen atoms in total. The van der Waals surface area contributed by atoms with Gasteiger partial charge in [-0.1, -0.05) is 18.2 Å². The summed E-state index contributed by atoms with van der Waals surface area (Å²) in [6.07, 6.45) is 0.280. The van der Waals surface area contributed by atoms with Crippen LogP contribution in [0.2, 0.25) is 0 Å². The van der Waals surface area contributed by atoms with Crippen molar-refractivity contribution >= 4 is 28.3 Å². The zero-order valence-electron chi connectivity index (χ0n) is 16.0. The molecule has 0 fully saturated rings. The molecular formula is C20H26N4O2S. The molecule has 2 heterocycles. The van der Waals surface area contributed by atoms with Gasteiger partial charge in [-0.25, -0.2) is 4.79 Å². The summed E-state index contributed by atoms with van der Waals surface area (Å²) in [6.45, 7) is 3.50. The lowest BCUT2D eigenvalue weighted by Gasteiger charge is -2.23. The summed E-state index contributed by atoms with van der Waals surface area (Å²) in [6, 6.07) is 12.0. The summed E-state index contributed by atoms with van der Waals surface area (Å²) in [5, 5.41) is 5.06. The average molecular weight is 387 g/mol. The van der Waals surface area contributed by atoms with Crippen LogP contribution in [0.1, 0.15) is 24.3 Å². The second-order valence-corrected chi connectivity index (χ2v) is 7.70. The molecule has 1 atom stereocenters. The van der Waals surface area contributed by atoms with Gasteiger partial charge in [0.05, 0.1) is 17.1 Å². The van der Waals surface area contributed by atoms with E-state index in [4.69, 9.17) is 0 Å². The number of imidazole rings is 1. The number of nitrogens with zero attached hydrogens (tertiary/aromatic N) is 3. The van der Waals surface area contributed by atoms with Crippen molar-refractivity contribution in [2.75, 3.05) is 20.6 Å². The molecule has 1 amide bonds. The molecule has 144 valence electrons. The maximum atomic E-state index is 12.6. The summed E-state index contributed by atoms with van der Waals surface area (Å²) >= 11 is 1.69. The van der Waals surface area contributed by atoms with Gasteiger partial charge in [0.1, 0.15) is 0 Å². The van der Waals surface area contributed by atoms with E-state index in [2.05, 4.69) is 16.3 Å². The maximum absolute atomic E-state index is 12.6. The fourth-order valence-corrected chi connectivity index (χ4v) is 4.25. The van der Waals surface area contributed by atoms with Crippen LogP contribution in [0.3, 0.4) is 0 Å². The number of nitrogens with one attached hydrogen (secondary N) is 1. The number of hydrogen-bond donors (Lipinski definition) is 1. The van der Waals surface area contributed by atoms with Crippen LogP contribution in [-0.4, -0.2) is 40.6 Å². The average Bonchev–Trinajstić information content (AvgIpc) is 3.26. The first-order valence-electron chi connectivity index (χ1n) is 9.17. The number of thiophene rings is 1. The fourth-order valence-electron chi connectivity index (χ4n) is 3.32. The van der Waals surface area contributed by atoms with Gasteiger partial charge in [0.2, 0.25) is 5.91 Å². The van der Waals surface area contributed by atoms with Gasteiger partial charge in [0.15, 0.2) is 0 Å². The monoisotopic (exact) mass is 386 g/mol. The molecule has 0 aliphatic heterocycles. The van der Waals surface area contributed by atoms with Crippen molar-refractivity contribution in [3.05, 3.63) is 57.1 Å². The standard InChI is InChI=1S/C20H26N4O2S/c1-4-23-15-8-5-6-9-16(15)24(20(23)26)12-11-19(25)21-14-17(22(2)3)18-10-7-13-27-18/h5-10,13,17H,4,11-12,14H2,1-3H3,(H,21,25). The van der Waals surface area contributed by atoms with E-state index in [1.165, 1.54) is 4.88 Å². The van der Waals surface area contributed by atoms with Gasteiger partial charge in [0.25, 0.3) is 0 Å². The molecule has 0 saturated carbocycles. The van der Waals surface area contributed by atoms with Crippen LogP contribution in [0.15, 0.2) is 46.6 Å². The molecule has 0 saturated heterocycles. The number of para-hydroxylation sites is 2. The number of benzene rings is 1. The van der Waals surface area contributed by atoms with Crippen LogP contribution in [0.4, 0.5) is 0 Å². The summed E-state index contributed by atoms with van der Waals surface area (Å²) in [5.74, 6) is -0.0429. The molecule has 7 heteroatoms. The number of rotatable bonds is 8. The lowest BCUT2D eigenvalue weighted by molar-refractivity contribution is -0.121. The Kier molecular flexibility index (Phi) is 6.13. The molecule has 3 rings (SSSR count). The van der Waals surface area contributed by atoms with Crippen LogP contribution in [0.5, 0.6) is 0 Å². The molecule has 3 aromatic rings. The summed E-state index contributed by atoms with van der Waals surface area (Å²) in [5.41, 5.74) is 1.73. The second kappa shape index (κ2) is 8.54. The first-order valence-corrected chi connectivity index (χ1v) is 10.1. The molecule has 27 heavy (non-hydrogen) atoms. The Hall–Kier alpha value is -2.38. The molecule has 2 aromatic heterocycles. The van der Waals surface area contributed by atoms with Crippen molar-refractivity contribution in [1.82, 2.24) is 19.4 Å². The summed E-state index contributed by atoms with van der Waals surface area (Å²) in [7, 11) is 4.02. The Balaban J connectivity index is 1.65. The lowest BCUT2D eigenvalue weighted by atomic mass is 10.2. The number of fused-ring (bicyclic) bond motifs is 1. The second-order valence-electron chi connectivity index (χ2n) is 6.72. The highest BCUT2D eigenvalue weighted by molar-refractivity contribution is 7.10. The SMILES string of the molecule is CCn1c(=O)n(CCC(=O)NCC(c2cccs2)N(C)C)c2ccccc21. The van der Waals surface area contributed by atoms with Crippen molar-refractivity contribution < 1.29 is 4.79 Å². The van der Waals surface area contributed by atoms with E-state index in [9.17, 15) is 9.59 Å². The van der Waals surface area contributed by atoms with Gasteiger partial charge in [-0.15, -0.1) is 11.3 Å². The first kappa shape index (κ1) is 19.4. The quantitative estimate of drug-likeness (QED) is 0.648. The number of carbonyl (C=O) groups is 1. The van der Waals surface area contributed by atoms with Crippen molar-refractivity contribution in [3.63, 3.8) is 0 Å². The third-order valence-corrected chi connectivity index (χ3v) is 5.76. The van der Waals surface area contributed by atoms with Gasteiger partial charge in [0, 0.05) is 30.9 Å². The fraction of sp³-hybridized carbons (Fsp3) is 0.400. The zero-order chi connectivity index (χ0) is 19.4. The van der Waals surface area contributed by atoms with Crippen LogP contribution in [0.25, 0.3) is 11.0 Å². The summed E-state index contributed by atoms with van der Waals surface area (Å²) in [4.78, 5) is 28.3. The Morgan fingerprint density at radius 3 is 2.44 bits per heavy atom. The predicted octanol–water partition coefficient (Wildman–Crippen LogP) is 2.69. The molecule has 0 radical (unpaired) electrons. The number of aryl methyl sites for hydroxylation is 2. The van der Waals surface area contributed by atoms with Gasteiger partial charge in [-0.2, -0.15) is 0 Å². The normalized spacial score (nSPS) is 12.6. The number of carbonyl (C=O) groups excluding carboxylic acids is 1. The van der Waals surface area contributed by atoms with Crippen LogP contribution >= 0.6 is 11.3 Å². The number of aromatic nitrogens is 2. The largest absolute Gasteiger partial charge is 0.354 e. The third-order valence-electron chi connectivity index (χ3n) is 4.79. The number of hydrogen-bond acceptors (Lipinski definition) is 4. The zero-order valence-corrected chi connectivity index (χ0v) is 16.8. The molecule has 1 N–H and O–H groups in total. The molecule has 0 aliphatic rings. The van der Waals surface area contributed by atoms with Gasteiger partial charge >= 0.3 is 5.69 Å². The minimum atomic E-state index is -0.0590. The molecule has 1 unspecified atom stereocenters. The molecule has 0 bridgehead atoms. The van der Waals surface area contributed by atoms with Crippen molar-refractivity contribution in [2.24, 2.45) is 0 Å². The van der Waals surface area contributed by atoms with Crippen molar-refractivity contribution in [1.29, 1.82) is 0 Å². The maximum Gasteiger partial charge on any atom is 0.329 e. The molecule has 0 spiro atoms. The van der Waals surface area contributed by atoms with Crippen LogP contribution in [-0.2, 0) is 17.9 Å². The highest BCUT2D eigenvalue weighted by atomic mass is 32.1. The topological polar surface area (TPSA) is 59.3 Å². The molecular weight excluding hydrogens is 360 g/mol. The van der Waals surface area contributed by atoms with E-state index in [1.807, 2.05) is 56.7 Å². The van der Waals surface area contributed by atoms with Gasteiger partial charge in [-0.3, -0.25) is 13.9 Å². The van der Waals surface area contributed by atoms with Gasteiger partial charge in [-0.05, 0) is 44.6 Å². The Bertz CT molecular complexity index is 956.